The molecule has 0 spiro atoms. The van der Waals surface area contributed by atoms with Gasteiger partial charge < -0.3 is 29.5 Å². The average molecular weight is 675 g/mol. The van der Waals surface area contributed by atoms with Gasteiger partial charge in [0.2, 0.25) is 11.8 Å². The number of rotatable bonds is 16. The van der Waals surface area contributed by atoms with Crippen LogP contribution in [-0.4, -0.2) is 68.9 Å². The molecule has 50 heavy (non-hydrogen) atoms. The Morgan fingerprint density at radius 1 is 0.540 bits per heavy atom. The summed E-state index contributed by atoms with van der Waals surface area (Å²) >= 11 is 0. The topological polar surface area (TPSA) is 134 Å². The summed E-state index contributed by atoms with van der Waals surface area (Å²) in [6.07, 6.45) is 2.72. The predicted octanol–water partition coefficient (Wildman–Crippen LogP) is 6.24. The number of hydrogen-bond acceptors (Lipinski definition) is 6. The first-order valence-electron chi connectivity index (χ1n) is 16.1. The minimum absolute atomic E-state index is 0.0513. The second-order valence-corrected chi connectivity index (χ2v) is 11.9. The third kappa shape index (κ3) is 8.27. The van der Waals surface area contributed by atoms with Gasteiger partial charge in [-0.15, -0.1) is 13.2 Å². The fourth-order valence-electron chi connectivity index (χ4n) is 6.27. The zero-order valence-corrected chi connectivity index (χ0v) is 27.3. The third-order valence-corrected chi connectivity index (χ3v) is 8.57. The van der Waals surface area contributed by atoms with Crippen LogP contribution in [-0.2, 0) is 32.0 Å². The predicted molar refractivity (Wildman–Crippen MR) is 187 cm³/mol. The first-order chi connectivity index (χ1) is 24.2. The number of aliphatic carboxylic acids is 2. The van der Waals surface area contributed by atoms with Crippen LogP contribution < -0.4 is 9.47 Å². The second kappa shape index (κ2) is 16.3. The molecule has 4 aromatic rings. The van der Waals surface area contributed by atoms with Crippen molar-refractivity contribution in [3.05, 3.63) is 146 Å². The van der Waals surface area contributed by atoms with Crippen LogP contribution in [0.3, 0.4) is 0 Å². The summed E-state index contributed by atoms with van der Waals surface area (Å²) in [5.41, 5.74) is 1.28. The molecular formula is C40H38N2O8. The summed E-state index contributed by atoms with van der Waals surface area (Å²) in [6, 6.07) is 30.0. The van der Waals surface area contributed by atoms with E-state index in [2.05, 4.69) is 13.2 Å². The normalized spacial score (nSPS) is 17.8. The molecule has 0 bridgehead atoms. The molecular weight excluding hydrogens is 636 g/mol. The maximum absolute atomic E-state index is 13.9. The zero-order chi connectivity index (χ0) is 35.6. The maximum atomic E-state index is 13.9. The van der Waals surface area contributed by atoms with Gasteiger partial charge in [0.05, 0.1) is 36.8 Å². The number of para-hydroxylation sites is 2. The monoisotopic (exact) mass is 674 g/mol. The van der Waals surface area contributed by atoms with Crippen molar-refractivity contribution >= 4 is 23.8 Å². The lowest BCUT2D eigenvalue weighted by atomic mass is 9.63. The van der Waals surface area contributed by atoms with Gasteiger partial charge in [0.1, 0.15) is 23.0 Å². The van der Waals surface area contributed by atoms with E-state index in [1.165, 1.54) is 22.0 Å². The Balaban J connectivity index is 1.36. The highest BCUT2D eigenvalue weighted by molar-refractivity contribution is 5.89. The molecule has 0 aliphatic heterocycles. The number of carbonyl (C=O) groups excluding carboxylic acids is 2. The van der Waals surface area contributed by atoms with Crippen LogP contribution in [0.15, 0.2) is 135 Å². The number of benzene rings is 4. The van der Waals surface area contributed by atoms with Gasteiger partial charge in [0.25, 0.3) is 0 Å². The lowest BCUT2D eigenvalue weighted by molar-refractivity contribution is -0.185. The van der Waals surface area contributed by atoms with Crippen molar-refractivity contribution in [2.24, 2.45) is 11.8 Å². The number of amides is 2. The summed E-state index contributed by atoms with van der Waals surface area (Å²) < 4.78 is 11.7. The van der Waals surface area contributed by atoms with Crippen LogP contribution in [0.5, 0.6) is 23.0 Å². The van der Waals surface area contributed by atoms with Gasteiger partial charge in [-0.05, 0) is 59.7 Å². The molecule has 10 nitrogen and oxygen atoms in total. The average Bonchev–Trinajstić information content (AvgIpc) is 3.09. The highest BCUT2D eigenvalue weighted by Crippen LogP contribution is 2.43. The second-order valence-electron chi connectivity index (χ2n) is 11.9. The fraction of sp³-hybridized carbons (Fsp3) is 0.200. The highest BCUT2D eigenvalue weighted by Gasteiger charge is 2.63. The molecule has 2 N–H and O–H groups in total. The molecule has 1 fully saturated rings. The van der Waals surface area contributed by atoms with E-state index < -0.39 is 47.7 Å². The lowest BCUT2D eigenvalue weighted by Gasteiger charge is -2.55. The minimum Gasteiger partial charge on any atom is -0.481 e. The van der Waals surface area contributed by atoms with Crippen molar-refractivity contribution in [1.29, 1.82) is 0 Å². The summed E-state index contributed by atoms with van der Waals surface area (Å²) in [5, 5.41) is 20.4. The molecule has 2 amide bonds. The number of carbonyl (C=O) groups is 4. The van der Waals surface area contributed by atoms with Crippen molar-refractivity contribution in [1.82, 2.24) is 9.80 Å². The van der Waals surface area contributed by atoms with Crippen molar-refractivity contribution in [2.75, 3.05) is 13.1 Å². The van der Waals surface area contributed by atoms with Crippen LogP contribution in [0.4, 0.5) is 0 Å². The van der Waals surface area contributed by atoms with Gasteiger partial charge in [-0.1, -0.05) is 72.8 Å². The molecule has 0 saturated heterocycles. The van der Waals surface area contributed by atoms with E-state index in [-0.39, 0.29) is 25.9 Å². The SMILES string of the molecule is C=CCN(C(=O)Cc1ccc(Oc2ccccc2)cc1)C1C(C(=O)O)C(C(=O)O)C1N(CC=C)C(=O)Cc1ccc(Oc2ccccc2)cc1. The molecule has 10 heteroatoms. The van der Waals surface area contributed by atoms with Gasteiger partial charge in [0.15, 0.2) is 0 Å². The Morgan fingerprint density at radius 2 is 0.860 bits per heavy atom. The molecule has 1 saturated carbocycles. The zero-order valence-electron chi connectivity index (χ0n) is 27.3. The first kappa shape index (κ1) is 35.2. The number of carboxylic acids is 2. The van der Waals surface area contributed by atoms with E-state index in [1.54, 1.807) is 48.5 Å². The third-order valence-electron chi connectivity index (χ3n) is 8.57. The van der Waals surface area contributed by atoms with Crippen LogP contribution >= 0.6 is 0 Å². The van der Waals surface area contributed by atoms with E-state index in [1.807, 2.05) is 60.7 Å². The minimum atomic E-state index is -1.46. The molecule has 0 radical (unpaired) electrons. The molecule has 4 atom stereocenters. The summed E-state index contributed by atoms with van der Waals surface area (Å²) in [6.45, 7) is 7.41. The number of hydrogen-bond donors (Lipinski definition) is 2. The summed E-state index contributed by atoms with van der Waals surface area (Å²) in [7, 11) is 0. The van der Waals surface area contributed by atoms with Crippen LogP contribution in [0.1, 0.15) is 11.1 Å². The molecule has 0 aromatic heterocycles. The van der Waals surface area contributed by atoms with E-state index in [9.17, 15) is 29.4 Å². The Hall–Kier alpha value is -6.16. The van der Waals surface area contributed by atoms with Gasteiger partial charge >= 0.3 is 11.9 Å². The molecule has 4 unspecified atom stereocenters. The van der Waals surface area contributed by atoms with Gasteiger partial charge in [0, 0.05) is 13.1 Å². The molecule has 1 aliphatic rings. The highest BCUT2D eigenvalue weighted by atomic mass is 16.5. The van der Waals surface area contributed by atoms with Crippen LogP contribution in [0.2, 0.25) is 0 Å². The molecule has 4 aromatic carbocycles. The van der Waals surface area contributed by atoms with E-state index in [4.69, 9.17) is 9.47 Å². The smallest absolute Gasteiger partial charge is 0.309 e. The Bertz CT molecular complexity index is 1680. The first-order valence-corrected chi connectivity index (χ1v) is 16.1. The summed E-state index contributed by atoms with van der Waals surface area (Å²) in [5.74, 6) is -4.09. The standard InChI is InChI=1S/C40H38N2O8/c1-3-23-41(33(43)25-27-15-19-31(20-16-27)49-29-11-7-5-8-12-29)37-35(39(45)46)36(40(47)48)38(37)42(24-4-2)34(44)26-28-17-21-32(22-18-28)50-30-13-9-6-10-14-30/h3-22,35-38H,1-2,23-26H2,(H,45,46)(H,47,48). The Morgan fingerprint density at radius 3 is 1.16 bits per heavy atom. The van der Waals surface area contributed by atoms with Gasteiger partial charge in [-0.25, -0.2) is 0 Å². The maximum Gasteiger partial charge on any atom is 0.309 e. The van der Waals surface area contributed by atoms with E-state index in [0.717, 1.165) is 0 Å². The number of nitrogens with zero attached hydrogens (tertiary/aromatic N) is 2. The van der Waals surface area contributed by atoms with Gasteiger partial charge in [-0.2, -0.15) is 0 Å². The number of carboxylic acid groups (broad SMARTS) is 2. The fourth-order valence-corrected chi connectivity index (χ4v) is 6.27. The molecule has 1 aliphatic carbocycles. The quantitative estimate of drug-likeness (QED) is 0.134. The molecule has 0 heterocycles. The Kier molecular flexibility index (Phi) is 11.5. The summed E-state index contributed by atoms with van der Waals surface area (Å²) in [4.78, 5) is 55.5. The molecule has 256 valence electrons. The van der Waals surface area contributed by atoms with E-state index in [0.29, 0.717) is 34.1 Å². The van der Waals surface area contributed by atoms with Gasteiger partial charge in [-0.3, -0.25) is 19.2 Å². The van der Waals surface area contributed by atoms with Crippen molar-refractivity contribution < 1.29 is 38.9 Å². The van der Waals surface area contributed by atoms with Crippen molar-refractivity contribution in [3.63, 3.8) is 0 Å². The lowest BCUT2D eigenvalue weighted by Crippen LogP contribution is -2.74. The van der Waals surface area contributed by atoms with Crippen LogP contribution in [0, 0.1) is 11.8 Å². The molecule has 5 rings (SSSR count). The largest absolute Gasteiger partial charge is 0.481 e. The van der Waals surface area contributed by atoms with Crippen molar-refractivity contribution in [2.45, 2.75) is 24.9 Å². The Labute approximate surface area is 290 Å². The van der Waals surface area contributed by atoms with Crippen molar-refractivity contribution in [3.8, 4) is 23.0 Å². The van der Waals surface area contributed by atoms with Crippen LogP contribution in [0.25, 0.3) is 0 Å². The number of ether oxygens (including phenoxy) is 2. The van der Waals surface area contributed by atoms with E-state index >= 15 is 0 Å².